The Balaban J connectivity index is 2.11. The van der Waals surface area contributed by atoms with Gasteiger partial charge in [-0.25, -0.2) is 0 Å². The first-order valence-electron chi connectivity index (χ1n) is 20.1. The lowest BCUT2D eigenvalue weighted by Crippen LogP contribution is -2.57. The average Bonchev–Trinajstić information content (AvgIpc) is 3.24. The van der Waals surface area contributed by atoms with Crippen molar-refractivity contribution in [2.75, 3.05) is 52.3 Å². The summed E-state index contributed by atoms with van der Waals surface area (Å²) in [5, 5.41) is 32.1. The third-order valence-electron chi connectivity index (χ3n) is 9.51. The van der Waals surface area contributed by atoms with Gasteiger partial charge in [0.1, 0.15) is 35.7 Å². The number of unbranched alkanes of at least 4 members (excludes halogenated alkanes) is 1. The van der Waals surface area contributed by atoms with Crippen molar-refractivity contribution in [1.82, 2.24) is 36.4 Å². The van der Waals surface area contributed by atoms with E-state index in [9.17, 15) is 48.6 Å². The molecule has 0 saturated carbocycles. The van der Waals surface area contributed by atoms with E-state index < -0.39 is 85.2 Å². The van der Waals surface area contributed by atoms with Crippen molar-refractivity contribution in [3.05, 3.63) is 71.8 Å². The number of hydrogen-bond acceptors (Lipinski definition) is 13. The SMILES string of the molecule is C=C(C)CCC(=O)NC(CSSC)C(=O)N(C)C(Cc1ccc(O)cc1)C(=O)NCC(=O)NC(CCCCN)C(=O)N(C)CC(=O)NCC(=O)NC(Cc1ccc(O)cc1)C(N)=O. The number of phenolic OH excluding ortho intramolecular Hbond substituents is 2. The molecule has 0 fully saturated rings. The zero-order valence-corrected chi connectivity index (χ0v) is 37.8. The largest absolute Gasteiger partial charge is 0.508 e. The second-order valence-electron chi connectivity index (χ2n) is 14.9. The fraction of sp³-hybridized carbons (Fsp3) is 0.476. The summed E-state index contributed by atoms with van der Waals surface area (Å²) in [7, 11) is 5.52. The lowest BCUT2D eigenvalue weighted by atomic mass is 10.0. The predicted octanol–water partition coefficient (Wildman–Crippen LogP) is -0.163. The van der Waals surface area contributed by atoms with Gasteiger partial charge in [-0.15, -0.1) is 6.58 Å². The summed E-state index contributed by atoms with van der Waals surface area (Å²) in [5.74, 6) is -4.98. The minimum absolute atomic E-state index is 0.00394. The van der Waals surface area contributed by atoms with Gasteiger partial charge >= 0.3 is 0 Å². The number of likely N-dealkylation sites (N-methyl/N-ethyl adjacent to an activating group) is 2. The van der Waals surface area contributed by atoms with Crippen molar-refractivity contribution in [3.63, 3.8) is 0 Å². The minimum atomic E-state index is -1.17. The van der Waals surface area contributed by atoms with Crippen molar-refractivity contribution in [3.8, 4) is 11.5 Å². The predicted molar refractivity (Wildman–Crippen MR) is 242 cm³/mol. The number of rotatable bonds is 28. The molecule has 11 N–H and O–H groups in total. The lowest BCUT2D eigenvalue weighted by Gasteiger charge is -2.31. The molecule has 2 aromatic carbocycles. The summed E-state index contributed by atoms with van der Waals surface area (Å²) < 4.78 is 0. The Morgan fingerprint density at radius 3 is 1.79 bits per heavy atom. The third-order valence-corrected chi connectivity index (χ3v) is 11.3. The molecule has 4 atom stereocenters. The fourth-order valence-electron chi connectivity index (χ4n) is 5.98. The van der Waals surface area contributed by atoms with Crippen LogP contribution in [0.2, 0.25) is 0 Å². The molecule has 0 spiro atoms. The zero-order valence-electron chi connectivity index (χ0n) is 36.1. The van der Waals surface area contributed by atoms with Crippen LogP contribution in [0.4, 0.5) is 0 Å². The number of carbonyl (C=O) groups is 8. The van der Waals surface area contributed by atoms with Crippen molar-refractivity contribution < 1.29 is 48.6 Å². The molecule has 0 aromatic heterocycles. The molecule has 0 bridgehead atoms. The number of hydrogen-bond donors (Lipinski definition) is 9. The molecule has 2 rings (SSSR count). The fourth-order valence-corrected chi connectivity index (χ4v) is 7.29. The molecule has 0 radical (unpaired) electrons. The lowest BCUT2D eigenvalue weighted by molar-refractivity contribution is -0.141. The van der Waals surface area contributed by atoms with Crippen LogP contribution in [0.5, 0.6) is 11.5 Å². The Kier molecular flexibility index (Phi) is 23.7. The molecule has 63 heavy (non-hydrogen) atoms. The van der Waals surface area contributed by atoms with Gasteiger partial charge in [0.05, 0.1) is 19.6 Å². The number of nitrogens with one attached hydrogen (secondary N) is 5. The van der Waals surface area contributed by atoms with Crippen LogP contribution in [0, 0.1) is 0 Å². The van der Waals surface area contributed by atoms with Crippen LogP contribution >= 0.6 is 21.6 Å². The molecule has 2 aromatic rings. The summed E-state index contributed by atoms with van der Waals surface area (Å²) in [6.07, 6.45) is 3.53. The van der Waals surface area contributed by atoms with Gasteiger partial charge in [0.2, 0.25) is 47.3 Å². The van der Waals surface area contributed by atoms with Gasteiger partial charge in [-0.3, -0.25) is 38.4 Å². The van der Waals surface area contributed by atoms with E-state index in [4.69, 9.17) is 11.5 Å². The highest BCUT2D eigenvalue weighted by atomic mass is 33.1. The highest BCUT2D eigenvalue weighted by molar-refractivity contribution is 8.76. The molecule has 0 aliphatic carbocycles. The molecule has 0 aliphatic rings. The molecule has 8 amide bonds. The number of nitrogens with zero attached hydrogens (tertiary/aromatic N) is 2. The molecule has 0 saturated heterocycles. The highest BCUT2D eigenvalue weighted by Gasteiger charge is 2.33. The summed E-state index contributed by atoms with van der Waals surface area (Å²) in [5.41, 5.74) is 13.1. The van der Waals surface area contributed by atoms with Gasteiger partial charge < -0.3 is 58.1 Å². The van der Waals surface area contributed by atoms with E-state index in [0.29, 0.717) is 36.9 Å². The monoisotopic (exact) mass is 915 g/mol. The first-order chi connectivity index (χ1) is 29.8. The van der Waals surface area contributed by atoms with E-state index in [1.54, 1.807) is 31.2 Å². The molecule has 0 aliphatic heterocycles. The molecule has 19 nitrogen and oxygen atoms in total. The topological polar surface area (TPSA) is 296 Å². The van der Waals surface area contributed by atoms with Gasteiger partial charge in [-0.1, -0.05) is 51.4 Å². The zero-order chi connectivity index (χ0) is 47.1. The molecule has 4 unspecified atom stereocenters. The number of primary amides is 1. The van der Waals surface area contributed by atoms with Gasteiger partial charge in [0.15, 0.2) is 0 Å². The number of benzene rings is 2. The van der Waals surface area contributed by atoms with Crippen LogP contribution in [0.25, 0.3) is 0 Å². The molecular formula is C42H61N9O10S2. The first kappa shape index (κ1) is 53.3. The summed E-state index contributed by atoms with van der Waals surface area (Å²) in [4.78, 5) is 107. The molecule has 0 heterocycles. The van der Waals surface area contributed by atoms with E-state index >= 15 is 0 Å². The minimum Gasteiger partial charge on any atom is -0.508 e. The van der Waals surface area contributed by atoms with E-state index in [1.807, 2.05) is 6.26 Å². The normalized spacial score (nSPS) is 12.7. The van der Waals surface area contributed by atoms with Crippen LogP contribution < -0.4 is 38.1 Å². The average molecular weight is 916 g/mol. The van der Waals surface area contributed by atoms with E-state index in [0.717, 1.165) is 10.5 Å². The van der Waals surface area contributed by atoms with Crippen LogP contribution in [0.3, 0.4) is 0 Å². The maximum absolute atomic E-state index is 13.9. The van der Waals surface area contributed by atoms with Crippen molar-refractivity contribution in [2.24, 2.45) is 11.5 Å². The number of allylic oxidation sites excluding steroid dienone is 1. The van der Waals surface area contributed by atoms with E-state index in [1.165, 1.54) is 64.8 Å². The molecular weight excluding hydrogens is 855 g/mol. The third kappa shape index (κ3) is 20.3. The number of aromatic hydroxyl groups is 2. The van der Waals surface area contributed by atoms with Gasteiger partial charge in [-0.05, 0) is 80.8 Å². The van der Waals surface area contributed by atoms with Crippen molar-refractivity contribution in [1.29, 1.82) is 0 Å². The Bertz CT molecular complexity index is 1890. The van der Waals surface area contributed by atoms with Crippen molar-refractivity contribution in [2.45, 2.75) is 76.0 Å². The number of phenols is 2. The maximum Gasteiger partial charge on any atom is 0.246 e. The molecule has 21 heteroatoms. The van der Waals surface area contributed by atoms with Crippen molar-refractivity contribution >= 4 is 68.8 Å². The van der Waals surface area contributed by atoms with Gasteiger partial charge in [0, 0.05) is 39.1 Å². The van der Waals surface area contributed by atoms with Crippen LogP contribution in [0.1, 0.15) is 50.2 Å². The van der Waals surface area contributed by atoms with E-state index in [2.05, 4.69) is 33.2 Å². The van der Waals surface area contributed by atoms with Crippen LogP contribution in [-0.2, 0) is 51.2 Å². The summed E-state index contributed by atoms with van der Waals surface area (Å²) in [6, 6.07) is 7.64. The molecule has 346 valence electrons. The second kappa shape index (κ2) is 28.0. The van der Waals surface area contributed by atoms with Gasteiger partial charge in [0.25, 0.3) is 0 Å². The number of amides is 8. The Hall–Kier alpha value is -5.80. The quantitative estimate of drug-likeness (QED) is 0.0305. The number of nitrogens with two attached hydrogens (primary N) is 2. The Morgan fingerprint density at radius 1 is 0.714 bits per heavy atom. The van der Waals surface area contributed by atoms with Crippen LogP contribution in [-0.4, -0.2) is 144 Å². The Morgan fingerprint density at radius 2 is 1.25 bits per heavy atom. The Labute approximate surface area is 375 Å². The first-order valence-corrected chi connectivity index (χ1v) is 22.9. The van der Waals surface area contributed by atoms with Gasteiger partial charge in [-0.2, -0.15) is 0 Å². The summed E-state index contributed by atoms with van der Waals surface area (Å²) in [6.45, 7) is 4.30. The summed E-state index contributed by atoms with van der Waals surface area (Å²) >= 11 is 0. The standard InChI is InChI=1S/C42H61N9O10S2/c1-26(2)9-18-35(54)49-33(25-63-62-5)42(61)51(4)34(21-28-12-16-30(53)17-13-28)40(59)46-23-37(56)47-31(8-6-7-19-43)41(60)50(3)24-38(57)45-22-36(55)48-32(39(44)58)20-27-10-14-29(52)15-11-27/h10-17,31-34,52-53H,1,6-9,18-25,43H2,2-5H3,(H2,44,58)(H,45,57)(H,46,59)(H,47,56)(H,48,55)(H,49,54). The highest BCUT2D eigenvalue weighted by Crippen LogP contribution is 2.20. The number of carbonyl (C=O) groups excluding carboxylic acids is 8. The second-order valence-corrected chi connectivity index (χ2v) is 17.5. The van der Waals surface area contributed by atoms with E-state index in [-0.39, 0.29) is 48.8 Å². The van der Waals surface area contributed by atoms with Crippen LogP contribution in [0.15, 0.2) is 60.7 Å². The smallest absolute Gasteiger partial charge is 0.246 e. The maximum atomic E-state index is 13.9.